The number of hydrogen-bond donors (Lipinski definition) is 0. The van der Waals surface area contributed by atoms with E-state index in [1.807, 2.05) is 13.0 Å². The van der Waals surface area contributed by atoms with Crippen LogP contribution in [0.5, 0.6) is 0 Å². The maximum Gasteiger partial charge on any atom is 0.399 e. The number of aryl methyl sites for hydroxylation is 1. The van der Waals surface area contributed by atoms with Crippen LogP contribution >= 0.6 is 0 Å². The summed E-state index contributed by atoms with van der Waals surface area (Å²) in [5, 5.41) is 0. The van der Waals surface area contributed by atoms with Gasteiger partial charge in [0.05, 0.1) is 30.7 Å². The lowest BCUT2D eigenvalue weighted by Gasteiger charge is -2.07. The molecule has 0 bridgehead atoms. The van der Waals surface area contributed by atoms with Gasteiger partial charge in [-0.05, 0) is 24.6 Å². The lowest BCUT2D eigenvalue weighted by Crippen LogP contribution is -2.19. The van der Waals surface area contributed by atoms with Crippen LogP contribution in [0.1, 0.15) is 17.2 Å². The summed E-state index contributed by atoms with van der Waals surface area (Å²) in [6.45, 7) is 1.55. The topological polar surface area (TPSA) is 89.8 Å². The first-order chi connectivity index (χ1) is 12.3. The van der Waals surface area contributed by atoms with E-state index in [9.17, 15) is 16.8 Å². The molecule has 7 nitrogen and oxygen atoms in total. The summed E-state index contributed by atoms with van der Waals surface area (Å²) in [6, 6.07) is 14.4. The molecule has 0 saturated carbocycles. The molecule has 1 unspecified atom stereocenters. The molecule has 3 atom stereocenters. The summed E-state index contributed by atoms with van der Waals surface area (Å²) in [5.74, 6) is 0. The Morgan fingerprint density at radius 1 is 0.962 bits per heavy atom. The van der Waals surface area contributed by atoms with Crippen molar-refractivity contribution in [1.29, 1.82) is 0 Å². The number of benzene rings is 2. The molecule has 1 fully saturated rings. The Labute approximate surface area is 153 Å². The van der Waals surface area contributed by atoms with E-state index >= 15 is 0 Å². The fourth-order valence-electron chi connectivity index (χ4n) is 2.80. The van der Waals surface area contributed by atoms with Crippen LogP contribution in [0.4, 0.5) is 0 Å². The van der Waals surface area contributed by atoms with Gasteiger partial charge in [0.2, 0.25) is 10.0 Å². The average molecular weight is 397 g/mol. The summed E-state index contributed by atoms with van der Waals surface area (Å²) < 4.78 is 59.1. The van der Waals surface area contributed by atoms with Gasteiger partial charge in [-0.1, -0.05) is 48.0 Å². The highest BCUT2D eigenvalue weighted by Gasteiger charge is 2.56. The van der Waals surface area contributed by atoms with Gasteiger partial charge in [0.1, 0.15) is 0 Å². The molecule has 3 rings (SSSR count). The molecule has 0 radical (unpaired) electrons. The Kier molecular flexibility index (Phi) is 5.18. The zero-order valence-corrected chi connectivity index (χ0v) is 15.9. The molecular weight excluding hydrogens is 378 g/mol. The molecule has 140 valence electrons. The van der Waals surface area contributed by atoms with Crippen LogP contribution in [0.2, 0.25) is 0 Å². The van der Waals surface area contributed by atoms with E-state index in [4.69, 9.17) is 4.18 Å². The van der Waals surface area contributed by atoms with Gasteiger partial charge >= 0.3 is 10.4 Å². The second-order valence-corrected chi connectivity index (χ2v) is 9.16. The van der Waals surface area contributed by atoms with Gasteiger partial charge in [0.25, 0.3) is 0 Å². The van der Waals surface area contributed by atoms with Crippen molar-refractivity contribution >= 4 is 20.4 Å². The van der Waals surface area contributed by atoms with E-state index in [1.165, 1.54) is 16.4 Å². The minimum Gasteiger partial charge on any atom is -0.252 e. The molecule has 0 aromatic heterocycles. The van der Waals surface area contributed by atoms with Crippen LogP contribution in [0.3, 0.4) is 0 Å². The van der Waals surface area contributed by atoms with Crippen LogP contribution in [-0.2, 0) is 28.8 Å². The predicted octanol–water partition coefficient (Wildman–Crippen LogP) is 2.02. The molecule has 1 aliphatic rings. The van der Waals surface area contributed by atoms with Crippen molar-refractivity contribution in [2.45, 2.75) is 23.9 Å². The Morgan fingerprint density at radius 3 is 2.15 bits per heavy atom. The zero-order valence-electron chi connectivity index (χ0n) is 14.3. The van der Waals surface area contributed by atoms with Gasteiger partial charge < -0.3 is 0 Å². The summed E-state index contributed by atoms with van der Waals surface area (Å²) in [6.07, 6.45) is 0. The quantitative estimate of drug-likeness (QED) is 0.664. The van der Waals surface area contributed by atoms with E-state index in [-0.39, 0.29) is 11.5 Å². The van der Waals surface area contributed by atoms with Gasteiger partial charge in [-0.2, -0.15) is 12.7 Å². The van der Waals surface area contributed by atoms with E-state index < -0.39 is 32.5 Å². The second kappa shape index (κ2) is 7.09. The first-order valence-electron chi connectivity index (χ1n) is 7.86. The monoisotopic (exact) mass is 397 g/mol. The lowest BCUT2D eigenvalue weighted by molar-refractivity contribution is 0.240. The SMILES string of the molecule is COS(=O)(=O)OC[C@H]1[C@H](c2ccccc2)N1S(=O)(=O)c1ccc(C)cc1. The summed E-state index contributed by atoms with van der Waals surface area (Å²) in [4.78, 5) is 0.154. The van der Waals surface area contributed by atoms with E-state index in [1.54, 1.807) is 36.4 Å². The van der Waals surface area contributed by atoms with Crippen molar-refractivity contribution in [3.8, 4) is 0 Å². The third kappa shape index (κ3) is 3.81. The zero-order chi connectivity index (χ0) is 18.9. The number of hydrogen-bond acceptors (Lipinski definition) is 6. The third-order valence-electron chi connectivity index (χ3n) is 4.20. The molecule has 0 amide bonds. The molecule has 1 heterocycles. The van der Waals surface area contributed by atoms with Gasteiger partial charge in [-0.3, -0.25) is 4.18 Å². The Morgan fingerprint density at radius 2 is 1.58 bits per heavy atom. The van der Waals surface area contributed by atoms with Crippen molar-refractivity contribution in [1.82, 2.24) is 4.31 Å². The molecule has 2 aromatic rings. The Balaban J connectivity index is 1.90. The second-order valence-electron chi connectivity index (χ2n) is 5.93. The maximum absolute atomic E-state index is 13.0. The van der Waals surface area contributed by atoms with Gasteiger partial charge in [-0.25, -0.2) is 12.6 Å². The maximum atomic E-state index is 13.0. The van der Waals surface area contributed by atoms with E-state index in [2.05, 4.69) is 4.18 Å². The van der Waals surface area contributed by atoms with E-state index in [0.717, 1.165) is 18.2 Å². The first kappa shape index (κ1) is 19.0. The van der Waals surface area contributed by atoms with Gasteiger partial charge in [0.15, 0.2) is 0 Å². The van der Waals surface area contributed by atoms with Crippen molar-refractivity contribution in [3.63, 3.8) is 0 Å². The van der Waals surface area contributed by atoms with Crippen LogP contribution in [0, 0.1) is 6.92 Å². The summed E-state index contributed by atoms with van der Waals surface area (Å²) >= 11 is 0. The fourth-order valence-corrected chi connectivity index (χ4v) is 4.97. The Hall–Kier alpha value is -1.78. The highest BCUT2D eigenvalue weighted by molar-refractivity contribution is 7.89. The number of rotatable bonds is 7. The molecule has 1 saturated heterocycles. The summed E-state index contributed by atoms with van der Waals surface area (Å²) in [7, 11) is -6.94. The molecule has 0 spiro atoms. The predicted molar refractivity (Wildman–Crippen MR) is 95.1 cm³/mol. The van der Waals surface area contributed by atoms with Crippen LogP contribution < -0.4 is 0 Å². The normalized spacial score (nSPS) is 22.9. The molecular formula is C17H19NO6S2. The fraction of sp³-hybridized carbons (Fsp3) is 0.294. The number of nitrogens with zero attached hydrogens (tertiary/aromatic N) is 1. The van der Waals surface area contributed by atoms with Gasteiger partial charge in [-0.15, -0.1) is 0 Å². The van der Waals surface area contributed by atoms with Crippen molar-refractivity contribution in [2.24, 2.45) is 0 Å². The van der Waals surface area contributed by atoms with Gasteiger partial charge in [0, 0.05) is 0 Å². The molecule has 0 aliphatic carbocycles. The highest BCUT2D eigenvalue weighted by atomic mass is 32.3. The van der Waals surface area contributed by atoms with Crippen LogP contribution in [-0.4, -0.2) is 40.9 Å². The smallest absolute Gasteiger partial charge is 0.252 e. The van der Waals surface area contributed by atoms with Crippen molar-refractivity contribution < 1.29 is 25.2 Å². The number of sulfonamides is 1. The molecule has 26 heavy (non-hydrogen) atoms. The molecule has 0 N–H and O–H groups in total. The lowest BCUT2D eigenvalue weighted by atomic mass is 10.1. The van der Waals surface area contributed by atoms with Crippen molar-refractivity contribution in [3.05, 3.63) is 65.7 Å². The Bertz CT molecular complexity index is 972. The van der Waals surface area contributed by atoms with Crippen LogP contribution in [0.25, 0.3) is 0 Å². The highest BCUT2D eigenvalue weighted by Crippen LogP contribution is 2.47. The first-order valence-corrected chi connectivity index (χ1v) is 10.6. The van der Waals surface area contributed by atoms with E-state index in [0.29, 0.717) is 0 Å². The third-order valence-corrected chi connectivity index (χ3v) is 6.95. The molecule has 1 aliphatic heterocycles. The summed E-state index contributed by atoms with van der Waals surface area (Å²) in [5.41, 5.74) is 1.71. The van der Waals surface area contributed by atoms with Crippen molar-refractivity contribution in [2.75, 3.05) is 13.7 Å². The molecule has 9 heteroatoms. The largest absolute Gasteiger partial charge is 0.399 e. The average Bonchev–Trinajstić information content (AvgIpc) is 3.37. The standard InChI is InChI=1S/C17H19NO6S2/c1-13-8-10-15(11-9-13)25(19,20)18-16(12-24-26(21,22)23-2)17(18)14-6-4-3-5-7-14/h3-11,16-17H,12H2,1-2H3/t16-,17-,18?/m0/s1. The molecule has 2 aromatic carbocycles. The minimum atomic E-state index is -4.14. The minimum absolute atomic E-state index is 0.154. The van der Waals surface area contributed by atoms with Crippen LogP contribution in [0.15, 0.2) is 59.5 Å².